The number of rotatable bonds is 2. The van der Waals surface area contributed by atoms with Crippen molar-refractivity contribution < 1.29 is 4.39 Å². The lowest BCUT2D eigenvalue weighted by molar-refractivity contribution is 0.149. The van der Waals surface area contributed by atoms with Crippen molar-refractivity contribution in [2.24, 2.45) is 5.41 Å². The van der Waals surface area contributed by atoms with E-state index in [2.05, 4.69) is 11.0 Å². The van der Waals surface area contributed by atoms with E-state index in [1.807, 2.05) is 6.92 Å². The summed E-state index contributed by atoms with van der Waals surface area (Å²) in [5.41, 5.74) is 0.409. The monoisotopic (exact) mass is 266 g/mol. The van der Waals surface area contributed by atoms with Crippen molar-refractivity contribution in [3.8, 4) is 6.07 Å². The van der Waals surface area contributed by atoms with Gasteiger partial charge in [-0.25, -0.2) is 4.39 Å². The number of halogens is 2. The Morgan fingerprint density at radius 2 is 2.11 bits per heavy atom. The van der Waals surface area contributed by atoms with E-state index >= 15 is 0 Å². The van der Waals surface area contributed by atoms with Gasteiger partial charge in [-0.2, -0.15) is 5.26 Å². The van der Waals surface area contributed by atoms with Crippen LogP contribution in [0, 0.1) is 22.6 Å². The SMILES string of the molecule is CC1(C#N)CCN(Cc2cc(Cl)ccc2F)CC1. The zero-order valence-electron chi connectivity index (χ0n) is 10.4. The highest BCUT2D eigenvalue weighted by Gasteiger charge is 2.29. The van der Waals surface area contributed by atoms with Crippen molar-refractivity contribution in [2.45, 2.75) is 26.3 Å². The van der Waals surface area contributed by atoms with Crippen LogP contribution < -0.4 is 0 Å². The van der Waals surface area contributed by atoms with Gasteiger partial charge in [0.05, 0.1) is 11.5 Å². The molecule has 0 aliphatic carbocycles. The van der Waals surface area contributed by atoms with E-state index in [1.54, 1.807) is 12.1 Å². The molecule has 0 unspecified atom stereocenters. The third-order valence-electron chi connectivity index (χ3n) is 3.63. The minimum Gasteiger partial charge on any atom is -0.299 e. The van der Waals surface area contributed by atoms with Crippen molar-refractivity contribution in [1.82, 2.24) is 4.90 Å². The summed E-state index contributed by atoms with van der Waals surface area (Å²) in [6, 6.07) is 7.00. The summed E-state index contributed by atoms with van der Waals surface area (Å²) in [7, 11) is 0. The molecular formula is C14H16ClFN2. The van der Waals surface area contributed by atoms with Crippen LogP contribution >= 0.6 is 11.6 Å². The number of hydrogen-bond acceptors (Lipinski definition) is 2. The quantitative estimate of drug-likeness (QED) is 0.818. The molecule has 2 nitrogen and oxygen atoms in total. The summed E-state index contributed by atoms with van der Waals surface area (Å²) < 4.78 is 13.6. The maximum absolute atomic E-state index is 13.6. The number of hydrogen-bond donors (Lipinski definition) is 0. The average Bonchev–Trinajstić information content (AvgIpc) is 2.37. The van der Waals surface area contributed by atoms with Crippen molar-refractivity contribution in [3.05, 3.63) is 34.6 Å². The molecule has 1 fully saturated rings. The van der Waals surface area contributed by atoms with Crippen LogP contribution in [0.25, 0.3) is 0 Å². The van der Waals surface area contributed by atoms with Gasteiger partial charge in [-0.05, 0) is 51.1 Å². The van der Waals surface area contributed by atoms with Crippen molar-refractivity contribution >= 4 is 11.6 Å². The predicted octanol–water partition coefficient (Wildman–Crippen LogP) is 3.60. The van der Waals surface area contributed by atoms with Crippen LogP contribution in [0.3, 0.4) is 0 Å². The van der Waals surface area contributed by atoms with Crippen LogP contribution in [-0.4, -0.2) is 18.0 Å². The predicted molar refractivity (Wildman–Crippen MR) is 69.6 cm³/mol. The molecule has 96 valence electrons. The number of piperidine rings is 1. The molecule has 2 rings (SSSR count). The number of benzene rings is 1. The Kier molecular flexibility index (Phi) is 3.89. The molecule has 0 spiro atoms. The summed E-state index contributed by atoms with van der Waals surface area (Å²) in [4.78, 5) is 2.17. The first-order valence-corrected chi connectivity index (χ1v) is 6.48. The summed E-state index contributed by atoms with van der Waals surface area (Å²) in [5.74, 6) is -0.215. The van der Waals surface area contributed by atoms with E-state index in [4.69, 9.17) is 16.9 Å². The molecule has 0 amide bonds. The third-order valence-corrected chi connectivity index (χ3v) is 3.87. The van der Waals surface area contributed by atoms with E-state index < -0.39 is 0 Å². The van der Waals surface area contributed by atoms with Gasteiger partial charge in [0, 0.05) is 17.1 Å². The largest absolute Gasteiger partial charge is 0.299 e. The Morgan fingerprint density at radius 3 is 2.72 bits per heavy atom. The average molecular weight is 267 g/mol. The zero-order valence-corrected chi connectivity index (χ0v) is 11.2. The lowest BCUT2D eigenvalue weighted by Gasteiger charge is -2.34. The fourth-order valence-corrected chi connectivity index (χ4v) is 2.42. The lowest BCUT2D eigenvalue weighted by Crippen LogP contribution is -2.37. The van der Waals surface area contributed by atoms with E-state index in [0.717, 1.165) is 25.9 Å². The summed E-state index contributed by atoms with van der Waals surface area (Å²) in [6.45, 7) is 4.21. The molecule has 1 heterocycles. The number of nitrogens with zero attached hydrogens (tertiary/aromatic N) is 2. The highest BCUT2D eigenvalue weighted by Crippen LogP contribution is 2.30. The van der Waals surface area contributed by atoms with E-state index in [1.165, 1.54) is 6.07 Å². The second kappa shape index (κ2) is 5.26. The Labute approximate surface area is 112 Å². The standard InChI is InChI=1S/C14H16ClFN2/c1-14(10-17)4-6-18(7-5-14)9-11-8-12(15)2-3-13(11)16/h2-3,8H,4-7,9H2,1H3. The molecule has 0 N–H and O–H groups in total. The van der Waals surface area contributed by atoms with Gasteiger partial charge in [0.1, 0.15) is 5.82 Å². The van der Waals surface area contributed by atoms with Crippen LogP contribution in [-0.2, 0) is 6.54 Å². The fraction of sp³-hybridized carbons (Fsp3) is 0.500. The van der Waals surface area contributed by atoms with Crippen LogP contribution in [0.15, 0.2) is 18.2 Å². The molecule has 1 saturated heterocycles. The molecule has 0 atom stereocenters. The Morgan fingerprint density at radius 1 is 1.44 bits per heavy atom. The molecule has 0 bridgehead atoms. The highest BCUT2D eigenvalue weighted by atomic mass is 35.5. The van der Waals surface area contributed by atoms with Crippen molar-refractivity contribution in [2.75, 3.05) is 13.1 Å². The topological polar surface area (TPSA) is 27.0 Å². The molecule has 0 saturated carbocycles. The number of nitriles is 1. The minimum atomic E-state index is -0.219. The van der Waals surface area contributed by atoms with E-state index in [-0.39, 0.29) is 11.2 Å². The van der Waals surface area contributed by atoms with Gasteiger partial charge in [0.2, 0.25) is 0 Å². The first-order chi connectivity index (χ1) is 8.52. The molecule has 0 aromatic heterocycles. The summed E-state index contributed by atoms with van der Waals surface area (Å²) in [6.07, 6.45) is 1.68. The van der Waals surface area contributed by atoms with E-state index in [9.17, 15) is 4.39 Å². The van der Waals surface area contributed by atoms with E-state index in [0.29, 0.717) is 17.1 Å². The number of likely N-dealkylation sites (tertiary alicyclic amines) is 1. The maximum atomic E-state index is 13.6. The molecule has 4 heteroatoms. The third kappa shape index (κ3) is 3.01. The first-order valence-electron chi connectivity index (χ1n) is 6.10. The molecular weight excluding hydrogens is 251 g/mol. The Hall–Kier alpha value is -1.11. The van der Waals surface area contributed by atoms with Crippen molar-refractivity contribution in [1.29, 1.82) is 5.26 Å². The Bertz CT molecular complexity index is 473. The van der Waals surface area contributed by atoms with Crippen LogP contribution in [0.4, 0.5) is 4.39 Å². The lowest BCUT2D eigenvalue weighted by atomic mass is 9.82. The van der Waals surface area contributed by atoms with Gasteiger partial charge >= 0.3 is 0 Å². The Balaban J connectivity index is 2.00. The maximum Gasteiger partial charge on any atom is 0.127 e. The first kappa shape index (κ1) is 13.3. The summed E-state index contributed by atoms with van der Waals surface area (Å²) >= 11 is 5.87. The molecule has 1 aromatic rings. The second-order valence-corrected chi connectivity index (χ2v) is 5.62. The van der Waals surface area contributed by atoms with Gasteiger partial charge in [-0.3, -0.25) is 4.90 Å². The molecule has 1 aromatic carbocycles. The smallest absolute Gasteiger partial charge is 0.127 e. The fourth-order valence-electron chi connectivity index (χ4n) is 2.22. The van der Waals surface area contributed by atoms with Crippen LogP contribution in [0.1, 0.15) is 25.3 Å². The van der Waals surface area contributed by atoms with Crippen molar-refractivity contribution in [3.63, 3.8) is 0 Å². The van der Waals surface area contributed by atoms with Crippen LogP contribution in [0.2, 0.25) is 5.02 Å². The highest BCUT2D eigenvalue weighted by molar-refractivity contribution is 6.30. The van der Waals surface area contributed by atoms with Gasteiger partial charge < -0.3 is 0 Å². The van der Waals surface area contributed by atoms with Gasteiger partial charge in [-0.1, -0.05) is 11.6 Å². The molecule has 0 radical (unpaired) electrons. The van der Waals surface area contributed by atoms with Gasteiger partial charge in [0.25, 0.3) is 0 Å². The van der Waals surface area contributed by atoms with Gasteiger partial charge in [0.15, 0.2) is 0 Å². The van der Waals surface area contributed by atoms with Gasteiger partial charge in [-0.15, -0.1) is 0 Å². The zero-order chi connectivity index (χ0) is 13.2. The molecule has 1 aliphatic heterocycles. The second-order valence-electron chi connectivity index (χ2n) is 5.18. The molecule has 18 heavy (non-hydrogen) atoms. The summed E-state index contributed by atoms with van der Waals surface area (Å²) in [5, 5.41) is 9.62. The minimum absolute atomic E-state index is 0.215. The van der Waals surface area contributed by atoms with Crippen LogP contribution in [0.5, 0.6) is 0 Å². The molecule has 1 aliphatic rings. The normalized spacial score (nSPS) is 19.4.